The second-order valence-electron chi connectivity index (χ2n) is 4.89. The predicted octanol–water partition coefficient (Wildman–Crippen LogP) is 2.14. The second kappa shape index (κ2) is 4.97. The number of aromatic nitrogens is 1. The molecule has 0 aromatic carbocycles. The maximum Gasteiger partial charge on any atom is 0.270 e. The molecule has 2 unspecified atom stereocenters. The first-order valence-corrected chi connectivity index (χ1v) is 7.08. The minimum absolute atomic E-state index is 0.113. The molecule has 5 heteroatoms. The molecule has 1 aliphatic carbocycles. The molecule has 0 spiro atoms. The van der Waals surface area contributed by atoms with E-state index in [0.29, 0.717) is 16.2 Å². The fourth-order valence-corrected chi connectivity index (χ4v) is 2.78. The summed E-state index contributed by atoms with van der Waals surface area (Å²) >= 11 is 3.27. The number of pyridine rings is 1. The van der Waals surface area contributed by atoms with Gasteiger partial charge in [0.25, 0.3) is 5.91 Å². The molecule has 1 N–H and O–H groups in total. The molecule has 1 saturated heterocycles. The van der Waals surface area contributed by atoms with E-state index in [2.05, 4.69) is 26.2 Å². The van der Waals surface area contributed by atoms with Gasteiger partial charge in [-0.05, 0) is 53.2 Å². The van der Waals surface area contributed by atoms with Crippen molar-refractivity contribution in [2.24, 2.45) is 5.92 Å². The minimum atomic E-state index is -0.113. The van der Waals surface area contributed by atoms with Crippen molar-refractivity contribution in [1.29, 1.82) is 0 Å². The number of halogens is 1. The van der Waals surface area contributed by atoms with E-state index in [4.69, 9.17) is 4.74 Å². The number of carbonyl (C=O) groups excluding carboxylic acids is 1. The topological polar surface area (TPSA) is 51.2 Å². The van der Waals surface area contributed by atoms with Gasteiger partial charge in [0.15, 0.2) is 0 Å². The van der Waals surface area contributed by atoms with Crippen molar-refractivity contribution in [3.8, 4) is 0 Å². The summed E-state index contributed by atoms with van der Waals surface area (Å²) in [6.07, 6.45) is 3.57. The number of amides is 1. The minimum Gasteiger partial charge on any atom is -0.376 e. The number of hydrogen-bond donors (Lipinski definition) is 1. The van der Waals surface area contributed by atoms with Crippen LogP contribution >= 0.6 is 15.9 Å². The zero-order valence-corrected chi connectivity index (χ0v) is 11.5. The lowest BCUT2D eigenvalue weighted by Crippen LogP contribution is -2.41. The van der Waals surface area contributed by atoms with Gasteiger partial charge >= 0.3 is 0 Å². The number of carbonyl (C=O) groups is 1. The van der Waals surface area contributed by atoms with Gasteiger partial charge in [0, 0.05) is 6.61 Å². The highest BCUT2D eigenvalue weighted by atomic mass is 79.9. The van der Waals surface area contributed by atoms with Gasteiger partial charge < -0.3 is 10.1 Å². The van der Waals surface area contributed by atoms with Crippen LogP contribution in [0, 0.1) is 5.92 Å². The molecule has 3 rings (SSSR count). The van der Waals surface area contributed by atoms with Crippen LogP contribution in [0.2, 0.25) is 0 Å². The molecule has 1 amide bonds. The first-order valence-electron chi connectivity index (χ1n) is 6.29. The first kappa shape index (κ1) is 12.1. The van der Waals surface area contributed by atoms with Gasteiger partial charge in [0.2, 0.25) is 0 Å². The number of nitrogens with zero attached hydrogens (tertiary/aromatic N) is 1. The smallest absolute Gasteiger partial charge is 0.270 e. The van der Waals surface area contributed by atoms with E-state index in [9.17, 15) is 4.79 Å². The van der Waals surface area contributed by atoms with Crippen molar-refractivity contribution in [2.75, 3.05) is 6.61 Å². The summed E-state index contributed by atoms with van der Waals surface area (Å²) in [7, 11) is 0. The van der Waals surface area contributed by atoms with Crippen LogP contribution in [0.25, 0.3) is 0 Å². The lowest BCUT2D eigenvalue weighted by atomic mass is 10.1. The Hall–Kier alpha value is -0.940. The Labute approximate surface area is 114 Å². The lowest BCUT2D eigenvalue weighted by Gasteiger charge is -2.19. The SMILES string of the molecule is O=C(NC1CCOC1C1CC1)c1cccc(Br)n1. The Morgan fingerprint density at radius 3 is 2.94 bits per heavy atom. The van der Waals surface area contributed by atoms with Gasteiger partial charge in [0.1, 0.15) is 10.3 Å². The molecular formula is C13H15BrN2O2. The fraction of sp³-hybridized carbons (Fsp3) is 0.538. The van der Waals surface area contributed by atoms with Crippen molar-refractivity contribution < 1.29 is 9.53 Å². The van der Waals surface area contributed by atoms with Crippen molar-refractivity contribution in [2.45, 2.75) is 31.4 Å². The maximum absolute atomic E-state index is 12.1. The van der Waals surface area contributed by atoms with Crippen LogP contribution in [-0.4, -0.2) is 29.6 Å². The van der Waals surface area contributed by atoms with Crippen LogP contribution in [0.15, 0.2) is 22.8 Å². The highest BCUT2D eigenvalue weighted by Gasteiger charge is 2.41. The maximum atomic E-state index is 12.1. The highest BCUT2D eigenvalue weighted by Crippen LogP contribution is 2.38. The van der Waals surface area contributed by atoms with Crippen molar-refractivity contribution in [1.82, 2.24) is 10.3 Å². The van der Waals surface area contributed by atoms with Gasteiger partial charge in [0.05, 0.1) is 12.1 Å². The Morgan fingerprint density at radius 2 is 2.22 bits per heavy atom. The van der Waals surface area contributed by atoms with Gasteiger partial charge in [-0.1, -0.05) is 6.07 Å². The van der Waals surface area contributed by atoms with Crippen LogP contribution < -0.4 is 5.32 Å². The standard InChI is InChI=1S/C13H15BrN2O2/c14-11-3-1-2-10(15-11)13(17)16-9-6-7-18-12(9)8-4-5-8/h1-3,8-9,12H,4-7H2,(H,16,17). The quantitative estimate of drug-likeness (QED) is 0.870. The lowest BCUT2D eigenvalue weighted by molar-refractivity contribution is 0.0727. The zero-order chi connectivity index (χ0) is 12.5. The Kier molecular flexibility index (Phi) is 3.35. The van der Waals surface area contributed by atoms with Crippen LogP contribution in [0.3, 0.4) is 0 Å². The van der Waals surface area contributed by atoms with E-state index in [1.807, 2.05) is 12.1 Å². The molecule has 96 valence electrons. The number of nitrogens with one attached hydrogen (secondary N) is 1. The van der Waals surface area contributed by atoms with E-state index in [1.54, 1.807) is 6.07 Å². The molecule has 0 bridgehead atoms. The second-order valence-corrected chi connectivity index (χ2v) is 5.70. The van der Waals surface area contributed by atoms with Crippen LogP contribution in [-0.2, 0) is 4.74 Å². The molecule has 2 heterocycles. The summed E-state index contributed by atoms with van der Waals surface area (Å²) < 4.78 is 6.38. The van der Waals surface area contributed by atoms with Crippen molar-refractivity contribution >= 4 is 21.8 Å². The summed E-state index contributed by atoms with van der Waals surface area (Å²) in [6.45, 7) is 0.748. The summed E-state index contributed by atoms with van der Waals surface area (Å²) in [4.78, 5) is 16.3. The Balaban J connectivity index is 1.66. The average molecular weight is 311 g/mol. The van der Waals surface area contributed by atoms with Crippen molar-refractivity contribution in [3.63, 3.8) is 0 Å². The van der Waals surface area contributed by atoms with E-state index < -0.39 is 0 Å². The normalized spacial score (nSPS) is 27.2. The third kappa shape index (κ3) is 2.57. The molecule has 1 aromatic rings. The highest BCUT2D eigenvalue weighted by molar-refractivity contribution is 9.10. The molecule has 2 aliphatic rings. The molecule has 18 heavy (non-hydrogen) atoms. The van der Waals surface area contributed by atoms with Gasteiger partial charge in [-0.15, -0.1) is 0 Å². The molecule has 2 fully saturated rings. The summed E-state index contributed by atoms with van der Waals surface area (Å²) in [5.41, 5.74) is 0.450. The Morgan fingerprint density at radius 1 is 1.39 bits per heavy atom. The Bertz CT molecular complexity index is 462. The molecule has 4 nitrogen and oxygen atoms in total. The van der Waals surface area contributed by atoms with E-state index in [0.717, 1.165) is 13.0 Å². The van der Waals surface area contributed by atoms with Crippen LogP contribution in [0.5, 0.6) is 0 Å². The summed E-state index contributed by atoms with van der Waals surface area (Å²) in [5, 5.41) is 3.05. The third-order valence-corrected chi connectivity index (χ3v) is 3.93. The summed E-state index contributed by atoms with van der Waals surface area (Å²) in [5.74, 6) is 0.533. The van der Waals surface area contributed by atoms with E-state index in [-0.39, 0.29) is 18.1 Å². The van der Waals surface area contributed by atoms with Gasteiger partial charge in [-0.25, -0.2) is 4.98 Å². The monoisotopic (exact) mass is 310 g/mol. The molecule has 0 radical (unpaired) electrons. The molecule has 1 aliphatic heterocycles. The van der Waals surface area contributed by atoms with Gasteiger partial charge in [-0.2, -0.15) is 0 Å². The van der Waals surface area contributed by atoms with Crippen LogP contribution in [0.1, 0.15) is 29.8 Å². The van der Waals surface area contributed by atoms with Crippen molar-refractivity contribution in [3.05, 3.63) is 28.5 Å². The van der Waals surface area contributed by atoms with E-state index >= 15 is 0 Å². The summed E-state index contributed by atoms with van der Waals surface area (Å²) in [6, 6.07) is 5.49. The predicted molar refractivity (Wildman–Crippen MR) is 70.3 cm³/mol. The molecule has 1 saturated carbocycles. The van der Waals surface area contributed by atoms with E-state index in [1.165, 1.54) is 12.8 Å². The molecular weight excluding hydrogens is 296 g/mol. The number of ether oxygens (including phenoxy) is 1. The number of hydrogen-bond acceptors (Lipinski definition) is 3. The molecule has 2 atom stereocenters. The third-order valence-electron chi connectivity index (χ3n) is 3.49. The molecule has 1 aromatic heterocycles. The van der Waals surface area contributed by atoms with Gasteiger partial charge in [-0.3, -0.25) is 4.79 Å². The zero-order valence-electron chi connectivity index (χ0n) is 9.93. The largest absolute Gasteiger partial charge is 0.376 e. The fourth-order valence-electron chi connectivity index (χ4n) is 2.43. The average Bonchev–Trinajstić information content (AvgIpc) is 3.10. The first-order chi connectivity index (χ1) is 8.74. The number of rotatable bonds is 3. The van der Waals surface area contributed by atoms with Crippen LogP contribution in [0.4, 0.5) is 0 Å².